The monoisotopic (exact) mass is 606 g/mol. The molecule has 45 heavy (non-hydrogen) atoms. The molecule has 12 heteroatoms. The summed E-state index contributed by atoms with van der Waals surface area (Å²) in [4.78, 5) is 31.5. The van der Waals surface area contributed by atoms with Crippen LogP contribution in [0, 0.1) is 11.3 Å². The summed E-state index contributed by atoms with van der Waals surface area (Å²) in [5.74, 6) is 1.77. The van der Waals surface area contributed by atoms with E-state index in [1.54, 1.807) is 30.4 Å². The first-order chi connectivity index (χ1) is 22.0. The minimum atomic E-state index is -0.170. The van der Waals surface area contributed by atoms with Gasteiger partial charge in [-0.3, -0.25) is 9.58 Å². The predicted octanol–water partition coefficient (Wildman–Crippen LogP) is 4.51. The number of carbonyl (C=O) groups excluding carboxylic acids is 1. The molecule has 1 saturated heterocycles. The van der Waals surface area contributed by atoms with Gasteiger partial charge in [0.25, 0.3) is 0 Å². The first kappa shape index (κ1) is 30.0. The molecule has 0 radical (unpaired) electrons. The maximum atomic E-state index is 13.7. The van der Waals surface area contributed by atoms with Gasteiger partial charge in [0.05, 0.1) is 18.5 Å². The van der Waals surface area contributed by atoms with Gasteiger partial charge in [0.2, 0.25) is 5.95 Å². The molecule has 1 saturated carbocycles. The third kappa shape index (κ3) is 7.05. The Hall–Kier alpha value is -5.02. The summed E-state index contributed by atoms with van der Waals surface area (Å²) in [5.41, 5.74) is 3.41. The minimum Gasteiger partial charge on any atom is -0.380 e. The van der Waals surface area contributed by atoms with Gasteiger partial charge in [-0.05, 0) is 49.8 Å². The number of amides is 2. The molecule has 232 valence electrons. The van der Waals surface area contributed by atoms with Crippen LogP contribution in [0.5, 0.6) is 0 Å². The van der Waals surface area contributed by atoms with Crippen molar-refractivity contribution in [2.24, 2.45) is 7.05 Å². The van der Waals surface area contributed by atoms with Crippen molar-refractivity contribution in [1.82, 2.24) is 30.0 Å². The average Bonchev–Trinajstić information content (AvgIpc) is 3.75. The van der Waals surface area contributed by atoms with Crippen LogP contribution in [-0.2, 0) is 18.3 Å². The smallest absolute Gasteiger partial charge is 0.323 e. The summed E-state index contributed by atoms with van der Waals surface area (Å²) < 4.78 is 7.26. The second-order valence-corrected chi connectivity index (χ2v) is 11.6. The van der Waals surface area contributed by atoms with Gasteiger partial charge in [-0.2, -0.15) is 15.3 Å². The number of urea groups is 1. The van der Waals surface area contributed by atoms with Gasteiger partial charge in [-0.15, -0.1) is 0 Å². The number of nitrogens with zero attached hydrogens (tertiary/aromatic N) is 8. The molecule has 12 nitrogen and oxygen atoms in total. The fourth-order valence-electron chi connectivity index (χ4n) is 6.12. The molecule has 2 N–H and O–H groups in total. The molecule has 2 amide bonds. The van der Waals surface area contributed by atoms with Crippen LogP contribution in [0.15, 0.2) is 67.3 Å². The fraction of sp³-hybridized carbons (Fsp3) is 0.394. The molecule has 1 atom stereocenters. The van der Waals surface area contributed by atoms with Crippen molar-refractivity contribution in [1.29, 1.82) is 5.26 Å². The molecule has 4 heterocycles. The topological polar surface area (TPSA) is 137 Å². The fourth-order valence-corrected chi connectivity index (χ4v) is 6.12. The largest absolute Gasteiger partial charge is 0.380 e. The van der Waals surface area contributed by atoms with Crippen LogP contribution < -0.4 is 20.4 Å². The number of rotatable bonds is 9. The summed E-state index contributed by atoms with van der Waals surface area (Å²) in [7, 11) is 3.59. The number of hydrogen-bond acceptors (Lipinski definition) is 9. The quantitative estimate of drug-likeness (QED) is 0.282. The lowest BCUT2D eigenvalue weighted by molar-refractivity contribution is 0.121. The molecule has 0 spiro atoms. The summed E-state index contributed by atoms with van der Waals surface area (Å²) in [6.07, 6.45) is 11.4. The van der Waals surface area contributed by atoms with E-state index in [1.165, 1.54) is 0 Å². The highest BCUT2D eigenvalue weighted by Gasteiger charge is 2.32. The number of ether oxygens (including phenoxy) is 1. The number of pyridine rings is 1. The van der Waals surface area contributed by atoms with E-state index in [4.69, 9.17) is 14.7 Å². The maximum absolute atomic E-state index is 13.7. The van der Waals surface area contributed by atoms with E-state index in [1.807, 2.05) is 60.6 Å². The lowest BCUT2D eigenvalue weighted by atomic mass is 9.90. The molecule has 4 aromatic rings. The molecule has 1 aliphatic heterocycles. The van der Waals surface area contributed by atoms with Gasteiger partial charge in [0, 0.05) is 69.4 Å². The number of nitriles is 1. The number of aryl methyl sites for hydroxylation is 1. The highest BCUT2D eigenvalue weighted by molar-refractivity contribution is 5.91. The Labute approximate surface area is 263 Å². The van der Waals surface area contributed by atoms with Crippen molar-refractivity contribution in [3.05, 3.63) is 78.4 Å². The zero-order valence-electron chi connectivity index (χ0n) is 25.6. The molecule has 2 fully saturated rings. The summed E-state index contributed by atoms with van der Waals surface area (Å²) in [6, 6.07) is 16.0. The lowest BCUT2D eigenvalue weighted by Crippen LogP contribution is -2.49. The SMILES string of the molecule is COC1CCN(c2nc(NC3CCC(N(C(=O)NCc4ccccc4)c4ccc(-c5cnn(C)c5)cn4)CC3)ncc2C#N)C1. The molecule has 1 unspecified atom stereocenters. The Morgan fingerprint density at radius 3 is 2.53 bits per heavy atom. The number of nitrogens with one attached hydrogen (secondary N) is 2. The van der Waals surface area contributed by atoms with E-state index >= 15 is 0 Å². The third-order valence-electron chi connectivity index (χ3n) is 8.60. The standard InChI is InChI=1S/C33H38N10O2/c1-41-21-26(20-38-41)24-8-13-30(35-18-24)43(33(44)37-17-23-6-4-3-5-7-23)28-11-9-27(10-12-28)39-32-36-19-25(16-34)31(40-32)42-15-14-29(22-42)45-2/h3-8,13,18-21,27-29H,9-12,14-15,17,22H2,1-2H3,(H,37,44)(H,36,39,40). The minimum absolute atomic E-state index is 0.0245. The van der Waals surface area contributed by atoms with Crippen molar-refractivity contribution in [3.8, 4) is 17.2 Å². The number of methoxy groups -OCH3 is 1. The second-order valence-electron chi connectivity index (χ2n) is 11.6. The molecule has 1 aliphatic carbocycles. The van der Waals surface area contributed by atoms with Gasteiger partial charge in [-0.1, -0.05) is 30.3 Å². The molecular weight excluding hydrogens is 568 g/mol. The number of aromatic nitrogens is 5. The van der Waals surface area contributed by atoms with Gasteiger partial charge in [-0.25, -0.2) is 14.8 Å². The van der Waals surface area contributed by atoms with Crippen LogP contribution >= 0.6 is 0 Å². The lowest BCUT2D eigenvalue weighted by Gasteiger charge is -2.36. The number of hydrogen-bond donors (Lipinski definition) is 2. The molecule has 2 aliphatic rings. The van der Waals surface area contributed by atoms with Crippen LogP contribution in [0.3, 0.4) is 0 Å². The summed E-state index contributed by atoms with van der Waals surface area (Å²) >= 11 is 0. The van der Waals surface area contributed by atoms with Crippen LogP contribution in [-0.4, -0.2) is 69.2 Å². The van der Waals surface area contributed by atoms with Crippen molar-refractivity contribution < 1.29 is 9.53 Å². The Morgan fingerprint density at radius 1 is 1.04 bits per heavy atom. The van der Waals surface area contributed by atoms with E-state index in [2.05, 4.69) is 31.7 Å². The van der Waals surface area contributed by atoms with Gasteiger partial charge < -0.3 is 20.3 Å². The molecule has 6 rings (SSSR count). The summed E-state index contributed by atoms with van der Waals surface area (Å²) in [6.45, 7) is 1.92. The Balaban J connectivity index is 1.14. The van der Waals surface area contributed by atoms with E-state index < -0.39 is 0 Å². The maximum Gasteiger partial charge on any atom is 0.323 e. The molecule has 3 aromatic heterocycles. The average molecular weight is 607 g/mol. The zero-order valence-corrected chi connectivity index (χ0v) is 25.6. The first-order valence-corrected chi connectivity index (χ1v) is 15.4. The van der Waals surface area contributed by atoms with Crippen LogP contribution in [0.2, 0.25) is 0 Å². The van der Waals surface area contributed by atoms with Crippen LogP contribution in [0.25, 0.3) is 11.1 Å². The van der Waals surface area contributed by atoms with E-state index in [0.29, 0.717) is 36.2 Å². The molecule has 1 aromatic carbocycles. The normalized spacial score (nSPS) is 19.6. The number of anilines is 3. The van der Waals surface area contributed by atoms with Gasteiger partial charge >= 0.3 is 6.03 Å². The first-order valence-electron chi connectivity index (χ1n) is 15.4. The van der Waals surface area contributed by atoms with E-state index in [9.17, 15) is 10.1 Å². The Morgan fingerprint density at radius 2 is 1.87 bits per heavy atom. The Bertz CT molecular complexity index is 1630. The van der Waals surface area contributed by atoms with Crippen molar-refractivity contribution in [2.75, 3.05) is 35.3 Å². The van der Waals surface area contributed by atoms with Crippen molar-refractivity contribution in [2.45, 2.75) is 56.8 Å². The van der Waals surface area contributed by atoms with Gasteiger partial charge in [0.15, 0.2) is 5.82 Å². The third-order valence-corrected chi connectivity index (χ3v) is 8.60. The molecular formula is C33H38N10O2. The predicted molar refractivity (Wildman–Crippen MR) is 172 cm³/mol. The zero-order chi connectivity index (χ0) is 31.2. The highest BCUT2D eigenvalue weighted by atomic mass is 16.5. The Kier molecular flexibility index (Phi) is 9.17. The number of carbonyl (C=O) groups is 1. The van der Waals surface area contributed by atoms with Gasteiger partial charge in [0.1, 0.15) is 17.5 Å². The highest BCUT2D eigenvalue weighted by Crippen LogP contribution is 2.30. The number of benzene rings is 1. The van der Waals surface area contributed by atoms with Crippen LogP contribution in [0.4, 0.5) is 22.4 Å². The van der Waals surface area contributed by atoms with E-state index in [0.717, 1.165) is 55.3 Å². The van der Waals surface area contributed by atoms with Crippen LogP contribution in [0.1, 0.15) is 43.2 Å². The molecule has 0 bridgehead atoms. The van der Waals surface area contributed by atoms with E-state index in [-0.39, 0.29) is 24.2 Å². The van der Waals surface area contributed by atoms with Crippen molar-refractivity contribution in [3.63, 3.8) is 0 Å². The summed E-state index contributed by atoms with van der Waals surface area (Å²) in [5, 5.41) is 20.5. The second kappa shape index (κ2) is 13.7. The van der Waals surface area contributed by atoms with Crippen molar-refractivity contribution >= 4 is 23.6 Å².